The maximum atomic E-state index is 12.7. The zero-order chi connectivity index (χ0) is 15.4. The van der Waals surface area contributed by atoms with Crippen LogP contribution in [0.2, 0.25) is 0 Å². The van der Waals surface area contributed by atoms with E-state index in [0.717, 1.165) is 31.6 Å². The summed E-state index contributed by atoms with van der Waals surface area (Å²) in [4.78, 5) is 17.0. The lowest BCUT2D eigenvalue weighted by atomic mass is 9.97. The van der Waals surface area contributed by atoms with Gasteiger partial charge in [-0.1, -0.05) is 42.5 Å². The molecular weight excluding hydrogens is 282 g/mol. The van der Waals surface area contributed by atoms with Crippen molar-refractivity contribution >= 4 is 23.1 Å². The van der Waals surface area contributed by atoms with Crippen molar-refractivity contribution in [1.29, 1.82) is 0 Å². The maximum Gasteiger partial charge on any atom is 0.236 e. The Labute approximate surface area is 131 Å². The third kappa shape index (κ3) is 4.02. The van der Waals surface area contributed by atoms with E-state index >= 15 is 0 Å². The van der Waals surface area contributed by atoms with Crippen molar-refractivity contribution < 1.29 is 4.79 Å². The second-order valence-electron chi connectivity index (χ2n) is 5.88. The van der Waals surface area contributed by atoms with Crippen LogP contribution in [0.1, 0.15) is 17.9 Å². The summed E-state index contributed by atoms with van der Waals surface area (Å²) in [5.41, 5.74) is 6.68. The average molecular weight is 305 g/mol. The molecule has 21 heavy (non-hydrogen) atoms. The van der Waals surface area contributed by atoms with Crippen molar-refractivity contribution in [3.8, 4) is 0 Å². The van der Waals surface area contributed by atoms with E-state index in [1.807, 2.05) is 37.4 Å². The van der Waals surface area contributed by atoms with Gasteiger partial charge in [-0.2, -0.15) is 0 Å². The summed E-state index contributed by atoms with van der Waals surface area (Å²) in [7, 11) is 3.96. The van der Waals surface area contributed by atoms with Gasteiger partial charge in [0.1, 0.15) is 5.92 Å². The first kappa shape index (κ1) is 15.9. The van der Waals surface area contributed by atoms with E-state index in [1.165, 1.54) is 0 Å². The van der Waals surface area contributed by atoms with E-state index in [0.29, 0.717) is 5.92 Å². The van der Waals surface area contributed by atoms with Crippen LogP contribution in [0.25, 0.3) is 0 Å². The Morgan fingerprint density at radius 1 is 1.48 bits per heavy atom. The van der Waals surface area contributed by atoms with Crippen molar-refractivity contribution in [3.63, 3.8) is 0 Å². The molecule has 0 aromatic heterocycles. The number of benzene rings is 1. The highest BCUT2D eigenvalue weighted by atomic mass is 32.1. The number of likely N-dealkylation sites (tertiary alicyclic amines) is 1. The quantitative estimate of drug-likeness (QED) is 0.837. The van der Waals surface area contributed by atoms with Gasteiger partial charge in [0.25, 0.3) is 0 Å². The number of likely N-dealkylation sites (N-methyl/N-ethyl adjacent to an activating group) is 1. The van der Waals surface area contributed by atoms with Crippen LogP contribution < -0.4 is 5.73 Å². The van der Waals surface area contributed by atoms with Gasteiger partial charge in [0, 0.05) is 20.1 Å². The lowest BCUT2D eigenvalue weighted by Gasteiger charge is -2.26. The molecule has 114 valence electrons. The molecule has 4 nitrogen and oxygen atoms in total. The monoisotopic (exact) mass is 305 g/mol. The molecule has 1 amide bonds. The maximum absolute atomic E-state index is 12.7. The molecule has 0 radical (unpaired) electrons. The molecule has 0 saturated carbocycles. The molecule has 1 aromatic rings. The number of nitrogens with zero attached hydrogens (tertiary/aromatic N) is 2. The number of rotatable bonds is 5. The van der Waals surface area contributed by atoms with E-state index in [1.54, 1.807) is 4.90 Å². The van der Waals surface area contributed by atoms with Crippen LogP contribution in [0.5, 0.6) is 0 Å². The van der Waals surface area contributed by atoms with Crippen LogP contribution in [0.4, 0.5) is 0 Å². The molecule has 1 fully saturated rings. The molecule has 2 N–H and O–H groups in total. The van der Waals surface area contributed by atoms with Crippen LogP contribution in [0, 0.1) is 5.92 Å². The Morgan fingerprint density at radius 3 is 2.67 bits per heavy atom. The van der Waals surface area contributed by atoms with Crippen molar-refractivity contribution in [1.82, 2.24) is 9.80 Å². The number of hydrogen-bond acceptors (Lipinski definition) is 3. The molecular formula is C16H23N3OS. The van der Waals surface area contributed by atoms with Crippen LogP contribution in [0.3, 0.4) is 0 Å². The van der Waals surface area contributed by atoms with E-state index in [-0.39, 0.29) is 10.9 Å². The first-order chi connectivity index (χ1) is 9.99. The van der Waals surface area contributed by atoms with Gasteiger partial charge in [0.2, 0.25) is 5.91 Å². The van der Waals surface area contributed by atoms with Gasteiger partial charge >= 0.3 is 0 Å². The fraction of sp³-hybridized carbons (Fsp3) is 0.500. The average Bonchev–Trinajstić information content (AvgIpc) is 2.85. The van der Waals surface area contributed by atoms with Gasteiger partial charge in [-0.15, -0.1) is 0 Å². The van der Waals surface area contributed by atoms with Crippen molar-refractivity contribution in [2.24, 2.45) is 11.7 Å². The molecule has 0 spiro atoms. The van der Waals surface area contributed by atoms with Gasteiger partial charge in [0.15, 0.2) is 0 Å². The second kappa shape index (κ2) is 7.00. The lowest BCUT2D eigenvalue weighted by Crippen LogP contribution is -2.40. The number of thiocarbonyl (C=S) groups is 1. The summed E-state index contributed by atoms with van der Waals surface area (Å²) in [6.45, 7) is 2.90. The van der Waals surface area contributed by atoms with Crippen LogP contribution in [-0.4, -0.2) is 54.4 Å². The Kier molecular flexibility index (Phi) is 5.31. The number of carbonyl (C=O) groups excluding carboxylic acids is 1. The second-order valence-corrected chi connectivity index (χ2v) is 6.35. The minimum atomic E-state index is -0.523. The first-order valence-electron chi connectivity index (χ1n) is 7.27. The molecule has 1 saturated heterocycles. The SMILES string of the molecule is CN1CCC(CN(C)C(=O)C(C(N)=S)c2ccccc2)C1. The summed E-state index contributed by atoms with van der Waals surface area (Å²) >= 11 is 5.12. The van der Waals surface area contributed by atoms with Crippen molar-refractivity contribution in [2.45, 2.75) is 12.3 Å². The summed E-state index contributed by atoms with van der Waals surface area (Å²) in [6.07, 6.45) is 1.14. The van der Waals surface area contributed by atoms with Gasteiger partial charge in [-0.25, -0.2) is 0 Å². The standard InChI is InChI=1S/C16H23N3OS/c1-18-9-8-12(10-18)11-19(2)16(20)14(15(17)21)13-6-4-3-5-7-13/h3-7,12,14H,8-11H2,1-2H3,(H2,17,21). The minimum Gasteiger partial charge on any atom is -0.392 e. The predicted octanol–water partition coefficient (Wildman–Crippen LogP) is 1.47. The third-order valence-corrected chi connectivity index (χ3v) is 4.30. The van der Waals surface area contributed by atoms with E-state index in [9.17, 15) is 4.79 Å². The van der Waals surface area contributed by atoms with E-state index in [2.05, 4.69) is 11.9 Å². The van der Waals surface area contributed by atoms with Gasteiger partial charge < -0.3 is 15.5 Å². The molecule has 1 aliphatic rings. The fourth-order valence-corrected chi connectivity index (χ4v) is 3.18. The normalized spacial score (nSPS) is 20.2. The summed E-state index contributed by atoms with van der Waals surface area (Å²) in [5, 5.41) is 0. The number of carbonyl (C=O) groups is 1. The van der Waals surface area contributed by atoms with Crippen molar-refractivity contribution in [2.75, 3.05) is 33.7 Å². The fourth-order valence-electron chi connectivity index (χ4n) is 2.95. The molecule has 1 heterocycles. The highest BCUT2D eigenvalue weighted by molar-refractivity contribution is 7.80. The molecule has 2 atom stereocenters. The van der Waals surface area contributed by atoms with Crippen LogP contribution >= 0.6 is 12.2 Å². The topological polar surface area (TPSA) is 49.6 Å². The molecule has 0 aliphatic carbocycles. The predicted molar refractivity (Wildman–Crippen MR) is 89.2 cm³/mol. The van der Waals surface area contributed by atoms with E-state index < -0.39 is 5.92 Å². The first-order valence-corrected chi connectivity index (χ1v) is 7.67. The smallest absolute Gasteiger partial charge is 0.236 e. The van der Waals surface area contributed by atoms with E-state index in [4.69, 9.17) is 18.0 Å². The Balaban J connectivity index is 2.06. The summed E-state index contributed by atoms with van der Waals surface area (Å²) < 4.78 is 0. The Hall–Kier alpha value is -1.46. The van der Waals surface area contributed by atoms with Gasteiger partial charge in [-0.05, 0) is 31.5 Å². The van der Waals surface area contributed by atoms with Crippen LogP contribution in [0.15, 0.2) is 30.3 Å². The zero-order valence-electron chi connectivity index (χ0n) is 12.7. The molecule has 0 bridgehead atoms. The number of hydrogen-bond donors (Lipinski definition) is 1. The minimum absolute atomic E-state index is 0.0109. The highest BCUT2D eigenvalue weighted by Gasteiger charge is 2.29. The zero-order valence-corrected chi connectivity index (χ0v) is 13.5. The highest BCUT2D eigenvalue weighted by Crippen LogP contribution is 2.21. The summed E-state index contributed by atoms with van der Waals surface area (Å²) in [5.74, 6) is 0.000282. The lowest BCUT2D eigenvalue weighted by molar-refractivity contribution is -0.130. The number of nitrogens with two attached hydrogens (primary N) is 1. The molecule has 1 aliphatic heterocycles. The number of amides is 1. The summed E-state index contributed by atoms with van der Waals surface area (Å²) in [6, 6.07) is 9.53. The van der Waals surface area contributed by atoms with Crippen LogP contribution in [-0.2, 0) is 4.79 Å². The van der Waals surface area contributed by atoms with Crippen molar-refractivity contribution in [3.05, 3.63) is 35.9 Å². The van der Waals surface area contributed by atoms with Gasteiger partial charge in [0.05, 0.1) is 4.99 Å². The third-order valence-electron chi connectivity index (χ3n) is 4.06. The molecule has 2 rings (SSSR count). The molecule has 1 aromatic carbocycles. The molecule has 5 heteroatoms. The largest absolute Gasteiger partial charge is 0.392 e. The Bertz CT molecular complexity index is 506. The Morgan fingerprint density at radius 2 is 2.14 bits per heavy atom. The molecule has 2 unspecified atom stereocenters. The van der Waals surface area contributed by atoms with Gasteiger partial charge in [-0.3, -0.25) is 4.79 Å².